The minimum atomic E-state index is -4.96. The van der Waals surface area contributed by atoms with Crippen LogP contribution in [-0.4, -0.2) is 5.11 Å². The lowest BCUT2D eigenvalue weighted by atomic mass is 10.2. The molecule has 0 spiro atoms. The van der Waals surface area contributed by atoms with Gasteiger partial charge in [-0.25, -0.2) is 8.78 Å². The lowest BCUT2D eigenvalue weighted by molar-refractivity contribution is -0.140. The Morgan fingerprint density at radius 1 is 1.00 bits per heavy atom. The number of phenols is 1. The van der Waals surface area contributed by atoms with E-state index in [0.29, 0.717) is 0 Å². The second kappa shape index (κ2) is 2.86. The highest BCUT2D eigenvalue weighted by Gasteiger charge is 2.35. The summed E-state index contributed by atoms with van der Waals surface area (Å²) in [5.41, 5.74) is -1.73. The van der Waals surface area contributed by atoms with Gasteiger partial charge in [0.25, 0.3) is 0 Å². The van der Waals surface area contributed by atoms with Crippen LogP contribution in [0.4, 0.5) is 22.0 Å². The average molecular weight is 198 g/mol. The van der Waals surface area contributed by atoms with E-state index >= 15 is 0 Å². The maximum Gasteiger partial charge on any atom is 0.419 e. The summed E-state index contributed by atoms with van der Waals surface area (Å²) in [4.78, 5) is 0. The van der Waals surface area contributed by atoms with Gasteiger partial charge in [0.1, 0.15) is 5.82 Å². The van der Waals surface area contributed by atoms with E-state index in [1.54, 1.807) is 0 Å². The van der Waals surface area contributed by atoms with Crippen molar-refractivity contribution in [2.24, 2.45) is 0 Å². The SMILES string of the molecule is Oc1cc(F)c(C(F)(F)F)cc1F. The Labute approximate surface area is 69.4 Å². The third-order valence-electron chi connectivity index (χ3n) is 1.34. The first-order chi connectivity index (χ1) is 5.82. The summed E-state index contributed by atoms with van der Waals surface area (Å²) in [5.74, 6) is -4.36. The van der Waals surface area contributed by atoms with Gasteiger partial charge in [0.05, 0.1) is 5.56 Å². The zero-order valence-corrected chi connectivity index (χ0v) is 5.99. The molecule has 0 aliphatic heterocycles. The molecule has 0 atom stereocenters. The van der Waals surface area contributed by atoms with Gasteiger partial charge >= 0.3 is 6.18 Å². The predicted octanol–water partition coefficient (Wildman–Crippen LogP) is 2.69. The van der Waals surface area contributed by atoms with E-state index in [0.717, 1.165) is 0 Å². The summed E-state index contributed by atoms with van der Waals surface area (Å²) in [5, 5.41) is 8.51. The smallest absolute Gasteiger partial charge is 0.419 e. The van der Waals surface area contributed by atoms with E-state index in [1.807, 2.05) is 0 Å². The maximum atomic E-state index is 12.5. The molecule has 1 nitrogen and oxygen atoms in total. The topological polar surface area (TPSA) is 20.2 Å². The maximum absolute atomic E-state index is 12.5. The molecule has 1 aromatic carbocycles. The van der Waals surface area contributed by atoms with Gasteiger partial charge in [-0.2, -0.15) is 13.2 Å². The molecular weight excluding hydrogens is 195 g/mol. The summed E-state index contributed by atoms with van der Waals surface area (Å²) in [6.07, 6.45) is -4.96. The molecule has 0 heterocycles. The van der Waals surface area contributed by atoms with E-state index < -0.39 is 29.1 Å². The Morgan fingerprint density at radius 3 is 2.00 bits per heavy atom. The number of rotatable bonds is 0. The molecule has 0 aliphatic rings. The van der Waals surface area contributed by atoms with Crippen molar-refractivity contribution in [2.75, 3.05) is 0 Å². The van der Waals surface area contributed by atoms with Crippen LogP contribution in [0.3, 0.4) is 0 Å². The van der Waals surface area contributed by atoms with Gasteiger partial charge < -0.3 is 5.11 Å². The van der Waals surface area contributed by atoms with Gasteiger partial charge in [0.2, 0.25) is 0 Å². The number of hydrogen-bond acceptors (Lipinski definition) is 1. The zero-order chi connectivity index (χ0) is 10.2. The van der Waals surface area contributed by atoms with Crippen LogP contribution in [0.1, 0.15) is 5.56 Å². The average Bonchev–Trinajstić information content (AvgIpc) is 1.94. The largest absolute Gasteiger partial charge is 0.505 e. The summed E-state index contributed by atoms with van der Waals surface area (Å²) in [7, 11) is 0. The molecule has 0 saturated heterocycles. The summed E-state index contributed by atoms with van der Waals surface area (Å²) < 4.78 is 60.5. The molecule has 1 aromatic rings. The fourth-order valence-corrected chi connectivity index (χ4v) is 0.754. The fraction of sp³-hybridized carbons (Fsp3) is 0.143. The number of aromatic hydroxyl groups is 1. The summed E-state index contributed by atoms with van der Waals surface area (Å²) in [6, 6.07) is -0.0111. The zero-order valence-electron chi connectivity index (χ0n) is 5.99. The Morgan fingerprint density at radius 2 is 1.54 bits per heavy atom. The van der Waals surface area contributed by atoms with E-state index in [2.05, 4.69) is 0 Å². The van der Waals surface area contributed by atoms with Gasteiger partial charge in [-0.15, -0.1) is 0 Å². The molecule has 1 N–H and O–H groups in total. The molecule has 0 unspecified atom stereocenters. The lowest BCUT2D eigenvalue weighted by Gasteiger charge is -2.07. The first-order valence-electron chi connectivity index (χ1n) is 3.07. The van der Waals surface area contributed by atoms with E-state index in [1.165, 1.54) is 0 Å². The van der Waals surface area contributed by atoms with Crippen LogP contribution in [0.25, 0.3) is 0 Å². The number of hydrogen-bond donors (Lipinski definition) is 1. The molecule has 1 rings (SSSR count). The molecule has 0 amide bonds. The fourth-order valence-electron chi connectivity index (χ4n) is 0.754. The normalized spacial score (nSPS) is 11.8. The highest BCUT2D eigenvalue weighted by atomic mass is 19.4. The Bertz CT molecular complexity index is 330. The second-order valence-electron chi connectivity index (χ2n) is 2.28. The van der Waals surface area contributed by atoms with E-state index in [-0.39, 0.29) is 12.1 Å². The first kappa shape index (κ1) is 9.76. The van der Waals surface area contributed by atoms with Crippen LogP contribution in [0.5, 0.6) is 5.75 Å². The van der Waals surface area contributed by atoms with Gasteiger partial charge in [-0.1, -0.05) is 0 Å². The number of benzene rings is 1. The summed E-state index contributed by atoms with van der Waals surface area (Å²) >= 11 is 0. The number of alkyl halides is 3. The predicted molar refractivity (Wildman–Crippen MR) is 33.0 cm³/mol. The van der Waals surface area contributed by atoms with Crippen LogP contribution in [-0.2, 0) is 6.18 Å². The van der Waals surface area contributed by atoms with Crippen molar-refractivity contribution in [1.82, 2.24) is 0 Å². The molecular formula is C7H3F5O. The van der Waals surface area contributed by atoms with Crippen LogP contribution < -0.4 is 0 Å². The third kappa shape index (κ3) is 1.88. The minimum absolute atomic E-state index is 0.0815. The van der Waals surface area contributed by atoms with Crippen molar-refractivity contribution in [3.05, 3.63) is 29.3 Å². The molecule has 0 bridgehead atoms. The Kier molecular flexibility index (Phi) is 2.15. The molecule has 0 fully saturated rings. The molecule has 0 aliphatic carbocycles. The van der Waals surface area contributed by atoms with Gasteiger partial charge in [0, 0.05) is 6.07 Å². The van der Waals surface area contributed by atoms with Crippen LogP contribution in [0, 0.1) is 11.6 Å². The van der Waals surface area contributed by atoms with Crippen molar-refractivity contribution in [3.63, 3.8) is 0 Å². The number of phenolic OH excluding ortho intramolecular Hbond substituents is 1. The van der Waals surface area contributed by atoms with Gasteiger partial charge in [0.15, 0.2) is 11.6 Å². The van der Waals surface area contributed by atoms with Crippen molar-refractivity contribution in [3.8, 4) is 5.75 Å². The Hall–Kier alpha value is -1.33. The van der Waals surface area contributed by atoms with Gasteiger partial charge in [-0.05, 0) is 6.07 Å². The molecule has 13 heavy (non-hydrogen) atoms. The monoisotopic (exact) mass is 198 g/mol. The quantitative estimate of drug-likeness (QED) is 0.635. The lowest BCUT2D eigenvalue weighted by Crippen LogP contribution is -2.08. The highest BCUT2D eigenvalue weighted by Crippen LogP contribution is 2.33. The van der Waals surface area contributed by atoms with Crippen molar-refractivity contribution in [2.45, 2.75) is 6.18 Å². The van der Waals surface area contributed by atoms with E-state index in [9.17, 15) is 22.0 Å². The molecule has 72 valence electrons. The van der Waals surface area contributed by atoms with Crippen molar-refractivity contribution >= 4 is 0 Å². The molecule has 6 heteroatoms. The standard InChI is InChI=1S/C7H3F5O/c8-4-2-6(13)5(9)1-3(4)7(10,11)12/h1-2,13H. The van der Waals surface area contributed by atoms with Crippen molar-refractivity contribution < 1.29 is 27.1 Å². The van der Waals surface area contributed by atoms with E-state index in [4.69, 9.17) is 5.11 Å². The first-order valence-corrected chi connectivity index (χ1v) is 3.07. The highest BCUT2D eigenvalue weighted by molar-refractivity contribution is 5.31. The number of halogens is 5. The van der Waals surface area contributed by atoms with Crippen LogP contribution >= 0.6 is 0 Å². The Balaban J connectivity index is 3.32. The second-order valence-corrected chi connectivity index (χ2v) is 2.28. The molecule has 0 aromatic heterocycles. The van der Waals surface area contributed by atoms with Gasteiger partial charge in [-0.3, -0.25) is 0 Å². The minimum Gasteiger partial charge on any atom is -0.505 e. The third-order valence-corrected chi connectivity index (χ3v) is 1.34. The van der Waals surface area contributed by atoms with Crippen LogP contribution in [0.15, 0.2) is 12.1 Å². The van der Waals surface area contributed by atoms with Crippen LogP contribution in [0.2, 0.25) is 0 Å². The summed E-state index contributed by atoms with van der Waals surface area (Å²) in [6.45, 7) is 0. The molecule has 0 saturated carbocycles. The van der Waals surface area contributed by atoms with Crippen molar-refractivity contribution in [1.29, 1.82) is 0 Å². The molecule has 0 radical (unpaired) electrons.